The summed E-state index contributed by atoms with van der Waals surface area (Å²) in [7, 11) is 0. The second kappa shape index (κ2) is 6.71. The summed E-state index contributed by atoms with van der Waals surface area (Å²) in [6, 6.07) is 13.0. The molecule has 1 fully saturated rings. The Morgan fingerprint density at radius 2 is 1.67 bits per heavy atom. The third-order valence-electron chi connectivity index (χ3n) is 3.91. The SMILES string of the molecule is Cc1ccc(N2C(=O)C(=Cc3ccc(C=O)cc3)SC2=S)cc1C. The monoisotopic (exact) mass is 353 g/mol. The maximum Gasteiger partial charge on any atom is 0.270 e. The van der Waals surface area contributed by atoms with E-state index in [0.717, 1.165) is 23.1 Å². The van der Waals surface area contributed by atoms with Crippen molar-refractivity contribution >= 4 is 52.3 Å². The van der Waals surface area contributed by atoms with Crippen LogP contribution in [-0.4, -0.2) is 16.5 Å². The largest absolute Gasteiger partial charge is 0.298 e. The van der Waals surface area contributed by atoms with E-state index in [1.54, 1.807) is 23.1 Å². The van der Waals surface area contributed by atoms with Crippen molar-refractivity contribution in [3.05, 3.63) is 69.6 Å². The van der Waals surface area contributed by atoms with E-state index >= 15 is 0 Å². The number of hydrogen-bond acceptors (Lipinski definition) is 4. The van der Waals surface area contributed by atoms with Gasteiger partial charge in [-0.25, -0.2) is 0 Å². The molecule has 1 aliphatic heterocycles. The molecule has 0 atom stereocenters. The Morgan fingerprint density at radius 3 is 2.29 bits per heavy atom. The zero-order chi connectivity index (χ0) is 17.3. The predicted molar refractivity (Wildman–Crippen MR) is 103 cm³/mol. The standard InChI is InChI=1S/C19H15NO2S2/c1-12-3-8-16(9-13(12)2)20-18(22)17(24-19(20)23)10-14-4-6-15(11-21)7-5-14/h3-11H,1-2H3. The Bertz CT molecular complexity index is 869. The third kappa shape index (κ3) is 3.18. The van der Waals surface area contributed by atoms with Crippen molar-refractivity contribution in [2.24, 2.45) is 0 Å². The van der Waals surface area contributed by atoms with E-state index in [2.05, 4.69) is 0 Å². The summed E-state index contributed by atoms with van der Waals surface area (Å²) >= 11 is 6.68. The second-order valence-electron chi connectivity index (χ2n) is 5.57. The van der Waals surface area contributed by atoms with Crippen LogP contribution in [0.3, 0.4) is 0 Å². The first-order chi connectivity index (χ1) is 11.5. The van der Waals surface area contributed by atoms with Crippen LogP contribution in [0.15, 0.2) is 47.4 Å². The number of carbonyl (C=O) groups excluding carboxylic acids is 2. The molecule has 0 aromatic heterocycles. The Balaban J connectivity index is 1.91. The molecule has 0 saturated carbocycles. The van der Waals surface area contributed by atoms with Crippen LogP contribution < -0.4 is 4.90 Å². The summed E-state index contributed by atoms with van der Waals surface area (Å²) in [5, 5.41) is 0. The molecule has 1 heterocycles. The van der Waals surface area contributed by atoms with Gasteiger partial charge in [0, 0.05) is 5.56 Å². The molecule has 1 saturated heterocycles. The lowest BCUT2D eigenvalue weighted by molar-refractivity contribution is -0.113. The maximum absolute atomic E-state index is 12.7. The highest BCUT2D eigenvalue weighted by molar-refractivity contribution is 8.27. The lowest BCUT2D eigenvalue weighted by Crippen LogP contribution is -2.27. The van der Waals surface area contributed by atoms with E-state index < -0.39 is 0 Å². The van der Waals surface area contributed by atoms with Crippen molar-refractivity contribution in [1.82, 2.24) is 0 Å². The molecular formula is C19H15NO2S2. The number of anilines is 1. The van der Waals surface area contributed by atoms with Gasteiger partial charge in [0.05, 0.1) is 10.6 Å². The number of rotatable bonds is 3. The lowest BCUT2D eigenvalue weighted by Gasteiger charge is -2.15. The number of thioether (sulfide) groups is 1. The molecular weight excluding hydrogens is 338 g/mol. The Morgan fingerprint density at radius 1 is 1.00 bits per heavy atom. The summed E-state index contributed by atoms with van der Waals surface area (Å²) in [6.45, 7) is 4.05. The summed E-state index contributed by atoms with van der Waals surface area (Å²) in [5.74, 6) is -0.118. The zero-order valence-corrected chi connectivity index (χ0v) is 14.9. The predicted octanol–water partition coefficient (Wildman–Crippen LogP) is 4.52. The molecule has 0 N–H and O–H groups in total. The van der Waals surface area contributed by atoms with E-state index in [4.69, 9.17) is 12.2 Å². The van der Waals surface area contributed by atoms with Gasteiger partial charge < -0.3 is 0 Å². The molecule has 0 spiro atoms. The minimum absolute atomic E-state index is 0.118. The fourth-order valence-corrected chi connectivity index (χ4v) is 3.68. The van der Waals surface area contributed by atoms with E-state index in [-0.39, 0.29) is 5.91 Å². The molecule has 0 radical (unpaired) electrons. The van der Waals surface area contributed by atoms with Gasteiger partial charge in [-0.05, 0) is 48.7 Å². The minimum atomic E-state index is -0.118. The van der Waals surface area contributed by atoms with Gasteiger partial charge in [-0.15, -0.1) is 0 Å². The fourth-order valence-electron chi connectivity index (χ4n) is 2.38. The van der Waals surface area contributed by atoms with Crippen molar-refractivity contribution in [1.29, 1.82) is 0 Å². The highest BCUT2D eigenvalue weighted by Gasteiger charge is 2.33. The number of thiocarbonyl (C=S) groups is 1. The number of aldehydes is 1. The van der Waals surface area contributed by atoms with Crippen LogP contribution in [0.1, 0.15) is 27.0 Å². The molecule has 1 amide bonds. The summed E-state index contributed by atoms with van der Waals surface area (Å²) < 4.78 is 0.527. The van der Waals surface area contributed by atoms with Crippen LogP contribution in [0.5, 0.6) is 0 Å². The number of hydrogen-bond donors (Lipinski definition) is 0. The van der Waals surface area contributed by atoms with Crippen LogP contribution in [0.2, 0.25) is 0 Å². The van der Waals surface area contributed by atoms with Crippen molar-refractivity contribution in [2.45, 2.75) is 13.8 Å². The van der Waals surface area contributed by atoms with Gasteiger partial charge in [-0.1, -0.05) is 54.3 Å². The first kappa shape index (κ1) is 16.6. The van der Waals surface area contributed by atoms with Gasteiger partial charge in [0.25, 0.3) is 5.91 Å². The molecule has 24 heavy (non-hydrogen) atoms. The fraction of sp³-hybridized carbons (Fsp3) is 0.105. The van der Waals surface area contributed by atoms with Crippen molar-refractivity contribution in [3.8, 4) is 0 Å². The van der Waals surface area contributed by atoms with Crippen molar-refractivity contribution < 1.29 is 9.59 Å². The average Bonchev–Trinajstić information content (AvgIpc) is 2.85. The van der Waals surface area contributed by atoms with Gasteiger partial charge in [0.15, 0.2) is 4.32 Å². The Kier molecular flexibility index (Phi) is 4.64. The van der Waals surface area contributed by atoms with E-state index in [9.17, 15) is 9.59 Å². The van der Waals surface area contributed by atoms with Crippen LogP contribution >= 0.6 is 24.0 Å². The quantitative estimate of drug-likeness (QED) is 0.462. The Hall–Kier alpha value is -2.24. The maximum atomic E-state index is 12.7. The normalized spacial score (nSPS) is 16.1. The molecule has 120 valence electrons. The van der Waals surface area contributed by atoms with E-state index in [1.165, 1.54) is 17.3 Å². The van der Waals surface area contributed by atoms with Gasteiger partial charge in [0.1, 0.15) is 6.29 Å². The van der Waals surface area contributed by atoms with Crippen molar-refractivity contribution in [3.63, 3.8) is 0 Å². The molecule has 1 aliphatic rings. The van der Waals surface area contributed by atoms with Crippen LogP contribution in [0.4, 0.5) is 5.69 Å². The van der Waals surface area contributed by atoms with Gasteiger partial charge in [-0.3, -0.25) is 14.5 Å². The number of benzene rings is 2. The van der Waals surface area contributed by atoms with Crippen LogP contribution in [0.25, 0.3) is 6.08 Å². The van der Waals surface area contributed by atoms with E-state index in [0.29, 0.717) is 14.8 Å². The van der Waals surface area contributed by atoms with Crippen LogP contribution in [-0.2, 0) is 4.79 Å². The summed E-state index contributed by atoms with van der Waals surface area (Å²) in [4.78, 5) is 25.6. The number of amides is 1. The summed E-state index contributed by atoms with van der Waals surface area (Å²) in [6.07, 6.45) is 2.60. The zero-order valence-electron chi connectivity index (χ0n) is 13.3. The Labute approximate surface area is 150 Å². The third-order valence-corrected chi connectivity index (χ3v) is 5.21. The first-order valence-electron chi connectivity index (χ1n) is 7.40. The first-order valence-corrected chi connectivity index (χ1v) is 8.62. The molecule has 0 unspecified atom stereocenters. The van der Waals surface area contributed by atoms with Crippen LogP contribution in [0, 0.1) is 13.8 Å². The minimum Gasteiger partial charge on any atom is -0.298 e. The molecule has 5 heteroatoms. The number of aryl methyl sites for hydroxylation is 2. The summed E-state index contributed by atoms with van der Waals surface area (Å²) in [5.41, 5.74) is 4.56. The molecule has 2 aromatic carbocycles. The highest BCUT2D eigenvalue weighted by Crippen LogP contribution is 2.36. The molecule has 0 aliphatic carbocycles. The lowest BCUT2D eigenvalue weighted by atomic mass is 10.1. The molecule has 3 rings (SSSR count). The van der Waals surface area contributed by atoms with Gasteiger partial charge in [-0.2, -0.15) is 0 Å². The number of carbonyl (C=O) groups is 2. The van der Waals surface area contributed by atoms with Gasteiger partial charge in [0.2, 0.25) is 0 Å². The molecule has 0 bridgehead atoms. The molecule has 2 aromatic rings. The van der Waals surface area contributed by atoms with E-state index in [1.807, 2.05) is 44.2 Å². The van der Waals surface area contributed by atoms with Gasteiger partial charge >= 0.3 is 0 Å². The average molecular weight is 353 g/mol. The second-order valence-corrected chi connectivity index (χ2v) is 7.25. The van der Waals surface area contributed by atoms with Crippen molar-refractivity contribution in [2.75, 3.05) is 4.90 Å². The highest BCUT2D eigenvalue weighted by atomic mass is 32.2. The smallest absolute Gasteiger partial charge is 0.270 e. The number of nitrogens with zero attached hydrogens (tertiary/aromatic N) is 1. The topological polar surface area (TPSA) is 37.4 Å². The molecule has 3 nitrogen and oxygen atoms in total.